The van der Waals surface area contributed by atoms with Crippen LogP contribution in [0.25, 0.3) is 11.1 Å². The first kappa shape index (κ1) is 18.0. The normalized spacial score (nSPS) is 10.3. The van der Waals surface area contributed by atoms with Crippen LogP contribution < -0.4 is 0 Å². The van der Waals surface area contributed by atoms with Gasteiger partial charge in [-0.3, -0.25) is 0 Å². The van der Waals surface area contributed by atoms with Gasteiger partial charge in [0.2, 0.25) is 0 Å². The average molecular weight is 347 g/mol. The number of hydrogen-bond acceptors (Lipinski definition) is 4. The van der Waals surface area contributed by atoms with Crippen LogP contribution in [0.3, 0.4) is 0 Å². The first-order chi connectivity index (χ1) is 11.5. The van der Waals surface area contributed by atoms with Crippen LogP contribution in [-0.2, 0) is 9.47 Å². The Bertz CT molecular complexity index is 768. The number of esters is 2. The average Bonchev–Trinajstić information content (AvgIpc) is 2.55. The molecule has 2 rings (SSSR count). The van der Waals surface area contributed by atoms with E-state index in [4.69, 9.17) is 21.1 Å². The molecule has 0 unspecified atom stereocenters. The highest BCUT2D eigenvalue weighted by Gasteiger charge is 2.21. The summed E-state index contributed by atoms with van der Waals surface area (Å²) >= 11 is 6.19. The molecule has 5 heteroatoms. The molecule has 4 nitrogen and oxygen atoms in total. The van der Waals surface area contributed by atoms with E-state index in [0.717, 1.165) is 11.1 Å². The smallest absolute Gasteiger partial charge is 0.339 e. The van der Waals surface area contributed by atoms with Crippen molar-refractivity contribution in [1.29, 1.82) is 0 Å². The zero-order valence-corrected chi connectivity index (χ0v) is 14.6. The van der Waals surface area contributed by atoms with E-state index in [9.17, 15) is 9.59 Å². The van der Waals surface area contributed by atoms with Gasteiger partial charge < -0.3 is 9.47 Å². The Balaban J connectivity index is 2.67. The summed E-state index contributed by atoms with van der Waals surface area (Å²) in [5.41, 5.74) is 2.95. The van der Waals surface area contributed by atoms with Gasteiger partial charge in [0.05, 0.1) is 29.4 Å². The Morgan fingerprint density at radius 3 is 2.08 bits per heavy atom. The number of halogens is 1. The van der Waals surface area contributed by atoms with E-state index in [1.165, 1.54) is 6.07 Å². The predicted molar refractivity (Wildman–Crippen MR) is 93.5 cm³/mol. The minimum atomic E-state index is -0.521. The molecule has 126 valence electrons. The highest BCUT2D eigenvalue weighted by atomic mass is 35.5. The van der Waals surface area contributed by atoms with E-state index in [2.05, 4.69) is 0 Å². The summed E-state index contributed by atoms with van der Waals surface area (Å²) in [6.07, 6.45) is 0. The summed E-state index contributed by atoms with van der Waals surface area (Å²) in [6.45, 7) is 5.89. The second-order valence-corrected chi connectivity index (χ2v) is 5.54. The highest BCUT2D eigenvalue weighted by molar-refractivity contribution is 6.34. The summed E-state index contributed by atoms with van der Waals surface area (Å²) < 4.78 is 10.2. The third kappa shape index (κ3) is 3.77. The molecule has 24 heavy (non-hydrogen) atoms. The van der Waals surface area contributed by atoms with Crippen molar-refractivity contribution < 1.29 is 19.1 Å². The lowest BCUT2D eigenvalue weighted by atomic mass is 9.94. The molecule has 0 amide bonds. The molecule has 0 N–H and O–H groups in total. The van der Waals surface area contributed by atoms with Gasteiger partial charge in [-0.2, -0.15) is 0 Å². The minimum absolute atomic E-state index is 0.161. The summed E-state index contributed by atoms with van der Waals surface area (Å²) in [5, 5.41) is 0.161. The number of hydrogen-bond donors (Lipinski definition) is 0. The van der Waals surface area contributed by atoms with Gasteiger partial charge in [-0.15, -0.1) is 0 Å². The molecule has 0 aromatic heterocycles. The van der Waals surface area contributed by atoms with E-state index in [0.29, 0.717) is 11.1 Å². The van der Waals surface area contributed by atoms with Crippen LogP contribution in [0.5, 0.6) is 0 Å². The first-order valence-electron chi connectivity index (χ1n) is 7.73. The minimum Gasteiger partial charge on any atom is -0.462 e. The van der Waals surface area contributed by atoms with Gasteiger partial charge in [0.15, 0.2) is 0 Å². The highest BCUT2D eigenvalue weighted by Crippen LogP contribution is 2.32. The van der Waals surface area contributed by atoms with Gasteiger partial charge in [-0.05, 0) is 49.6 Å². The van der Waals surface area contributed by atoms with Gasteiger partial charge in [0.1, 0.15) is 0 Å². The SMILES string of the molecule is CCOC(=O)c1cc(-c2ccccc2C)c(C(=O)OCC)cc1Cl. The van der Waals surface area contributed by atoms with E-state index in [1.807, 2.05) is 31.2 Å². The van der Waals surface area contributed by atoms with Crippen molar-refractivity contribution >= 4 is 23.5 Å². The zero-order chi connectivity index (χ0) is 17.7. The van der Waals surface area contributed by atoms with Crippen molar-refractivity contribution in [2.45, 2.75) is 20.8 Å². The topological polar surface area (TPSA) is 52.6 Å². The second kappa shape index (κ2) is 7.97. The van der Waals surface area contributed by atoms with Crippen molar-refractivity contribution in [3.05, 3.63) is 58.1 Å². The fourth-order valence-electron chi connectivity index (χ4n) is 2.41. The molecular weight excluding hydrogens is 328 g/mol. The molecule has 0 atom stereocenters. The van der Waals surface area contributed by atoms with E-state index in [1.54, 1.807) is 19.9 Å². The van der Waals surface area contributed by atoms with Crippen LogP contribution >= 0.6 is 11.6 Å². The van der Waals surface area contributed by atoms with Crippen LogP contribution in [0.2, 0.25) is 5.02 Å². The van der Waals surface area contributed by atoms with Gasteiger partial charge >= 0.3 is 11.9 Å². The van der Waals surface area contributed by atoms with Crippen LogP contribution in [-0.4, -0.2) is 25.2 Å². The van der Waals surface area contributed by atoms with E-state index in [-0.39, 0.29) is 23.8 Å². The fraction of sp³-hybridized carbons (Fsp3) is 0.263. The number of aryl methyl sites for hydroxylation is 1. The Morgan fingerprint density at radius 2 is 1.50 bits per heavy atom. The maximum atomic E-state index is 12.3. The van der Waals surface area contributed by atoms with Gasteiger partial charge in [-0.25, -0.2) is 9.59 Å². The van der Waals surface area contributed by atoms with E-state index < -0.39 is 11.9 Å². The summed E-state index contributed by atoms with van der Waals surface area (Å²) in [7, 11) is 0. The van der Waals surface area contributed by atoms with Gasteiger partial charge in [-0.1, -0.05) is 35.9 Å². The van der Waals surface area contributed by atoms with Crippen LogP contribution in [0.4, 0.5) is 0 Å². The monoisotopic (exact) mass is 346 g/mol. The van der Waals surface area contributed by atoms with Crippen molar-refractivity contribution in [1.82, 2.24) is 0 Å². The summed E-state index contributed by atoms with van der Waals surface area (Å²) in [4.78, 5) is 24.4. The zero-order valence-electron chi connectivity index (χ0n) is 13.9. The Hall–Kier alpha value is -2.33. The summed E-state index contributed by atoms with van der Waals surface area (Å²) in [5.74, 6) is -0.999. The first-order valence-corrected chi connectivity index (χ1v) is 8.11. The lowest BCUT2D eigenvalue weighted by Gasteiger charge is -2.14. The standard InChI is InChI=1S/C19H19ClO4/c1-4-23-18(21)15-11-17(20)16(19(22)24-5-2)10-14(15)13-9-7-6-8-12(13)3/h6-11H,4-5H2,1-3H3. The molecule has 0 aliphatic heterocycles. The van der Waals surface area contributed by atoms with Crippen molar-refractivity contribution in [3.63, 3.8) is 0 Å². The van der Waals surface area contributed by atoms with Crippen LogP contribution in [0.15, 0.2) is 36.4 Å². The molecule has 0 heterocycles. The molecule has 0 saturated carbocycles. The quantitative estimate of drug-likeness (QED) is 0.738. The molecular formula is C19H19ClO4. The molecule has 0 fully saturated rings. The summed E-state index contributed by atoms with van der Waals surface area (Å²) in [6, 6.07) is 10.7. The Labute approximate surface area is 146 Å². The largest absolute Gasteiger partial charge is 0.462 e. The van der Waals surface area contributed by atoms with Crippen molar-refractivity contribution in [2.75, 3.05) is 13.2 Å². The maximum absolute atomic E-state index is 12.3. The van der Waals surface area contributed by atoms with E-state index >= 15 is 0 Å². The van der Waals surface area contributed by atoms with Gasteiger partial charge in [0, 0.05) is 0 Å². The number of carbonyl (C=O) groups is 2. The predicted octanol–water partition coefficient (Wildman–Crippen LogP) is 4.67. The lowest BCUT2D eigenvalue weighted by Crippen LogP contribution is -2.11. The molecule has 0 saturated heterocycles. The third-order valence-electron chi connectivity index (χ3n) is 3.53. The molecule has 2 aromatic rings. The molecule has 0 spiro atoms. The fourth-order valence-corrected chi connectivity index (χ4v) is 2.66. The maximum Gasteiger partial charge on any atom is 0.339 e. The number of benzene rings is 2. The van der Waals surface area contributed by atoms with Crippen molar-refractivity contribution in [3.8, 4) is 11.1 Å². The second-order valence-electron chi connectivity index (χ2n) is 5.13. The van der Waals surface area contributed by atoms with Crippen LogP contribution in [0.1, 0.15) is 40.1 Å². The molecule has 0 aliphatic carbocycles. The van der Waals surface area contributed by atoms with Gasteiger partial charge in [0.25, 0.3) is 0 Å². The molecule has 0 aliphatic rings. The number of rotatable bonds is 5. The lowest BCUT2D eigenvalue weighted by molar-refractivity contribution is 0.0512. The number of carbonyl (C=O) groups excluding carboxylic acids is 2. The molecule has 0 radical (unpaired) electrons. The molecule has 2 aromatic carbocycles. The number of ether oxygens (including phenoxy) is 2. The molecule has 0 bridgehead atoms. The Morgan fingerprint density at radius 1 is 0.917 bits per heavy atom. The van der Waals surface area contributed by atoms with Crippen molar-refractivity contribution in [2.24, 2.45) is 0 Å². The van der Waals surface area contributed by atoms with Crippen LogP contribution in [0, 0.1) is 6.92 Å². The Kier molecular flexibility index (Phi) is 5.99. The third-order valence-corrected chi connectivity index (χ3v) is 3.85.